The summed E-state index contributed by atoms with van der Waals surface area (Å²) in [6, 6.07) is 71.0. The fourth-order valence-electron chi connectivity index (χ4n) is 7.01. The van der Waals surface area contributed by atoms with E-state index in [1.54, 1.807) is 0 Å². The van der Waals surface area contributed by atoms with E-state index >= 15 is 0 Å². The normalized spacial score (nSPS) is 11.2. The summed E-state index contributed by atoms with van der Waals surface area (Å²) in [6.07, 6.45) is 0. The van der Waals surface area contributed by atoms with E-state index < -0.39 is 0 Å². The van der Waals surface area contributed by atoms with Crippen LogP contribution < -0.4 is 4.90 Å². The molecule has 1 heterocycles. The van der Waals surface area contributed by atoms with E-state index in [2.05, 4.69) is 193 Å². The van der Waals surface area contributed by atoms with E-state index in [1.807, 2.05) is 12.1 Å². The van der Waals surface area contributed by atoms with Crippen molar-refractivity contribution in [2.75, 3.05) is 4.90 Å². The van der Waals surface area contributed by atoms with Gasteiger partial charge in [0.1, 0.15) is 11.2 Å². The van der Waals surface area contributed by atoms with E-state index in [4.69, 9.17) is 4.42 Å². The topological polar surface area (TPSA) is 16.4 Å². The highest BCUT2D eigenvalue weighted by molar-refractivity contribution is 6.06. The van der Waals surface area contributed by atoms with Crippen molar-refractivity contribution < 1.29 is 4.42 Å². The zero-order valence-corrected chi connectivity index (χ0v) is 27.4. The van der Waals surface area contributed by atoms with E-state index in [0.29, 0.717) is 0 Å². The second-order valence-corrected chi connectivity index (χ2v) is 12.6. The standard InChI is InChI=1S/C48H33NO/c1-3-12-34(13-4-1)39-16-11-17-41(32-39)49(42-30-31-46-45-20-9-10-21-47(45)50-48(46)33-42)40-28-26-36(27-29-40)35-22-24-38(25-23-35)44-19-8-7-18-43(44)37-14-5-2-6-15-37/h1-33H. The van der Waals surface area contributed by atoms with Crippen molar-refractivity contribution in [3.05, 3.63) is 200 Å². The molecule has 1 aromatic heterocycles. The molecule has 2 heteroatoms. The third-order valence-electron chi connectivity index (χ3n) is 9.50. The maximum Gasteiger partial charge on any atom is 0.137 e. The summed E-state index contributed by atoms with van der Waals surface area (Å²) in [7, 11) is 0. The molecular weight excluding hydrogens is 607 g/mol. The Bertz CT molecular complexity index is 2570. The molecule has 0 bridgehead atoms. The molecule has 0 spiro atoms. The summed E-state index contributed by atoms with van der Waals surface area (Å²) in [4.78, 5) is 2.31. The summed E-state index contributed by atoms with van der Waals surface area (Å²) >= 11 is 0. The molecule has 0 amide bonds. The van der Waals surface area contributed by atoms with Gasteiger partial charge in [-0.1, -0.05) is 152 Å². The van der Waals surface area contributed by atoms with Gasteiger partial charge in [0, 0.05) is 33.9 Å². The van der Waals surface area contributed by atoms with E-state index in [0.717, 1.165) is 39.0 Å². The summed E-state index contributed by atoms with van der Waals surface area (Å²) in [5, 5.41) is 2.25. The second-order valence-electron chi connectivity index (χ2n) is 12.6. The molecule has 0 aliphatic carbocycles. The molecule has 50 heavy (non-hydrogen) atoms. The highest BCUT2D eigenvalue weighted by atomic mass is 16.3. The molecule has 0 fully saturated rings. The Morgan fingerprint density at radius 1 is 0.280 bits per heavy atom. The molecule has 0 saturated heterocycles. The number of furan rings is 1. The van der Waals surface area contributed by atoms with Gasteiger partial charge in [0.15, 0.2) is 0 Å². The molecular formula is C48H33NO. The lowest BCUT2D eigenvalue weighted by Crippen LogP contribution is -2.10. The van der Waals surface area contributed by atoms with Crippen LogP contribution in [0.4, 0.5) is 17.1 Å². The monoisotopic (exact) mass is 639 g/mol. The van der Waals surface area contributed by atoms with Gasteiger partial charge in [0.2, 0.25) is 0 Å². The number of para-hydroxylation sites is 1. The Morgan fingerprint density at radius 2 is 0.760 bits per heavy atom. The lowest BCUT2D eigenvalue weighted by molar-refractivity contribution is 0.669. The van der Waals surface area contributed by atoms with Crippen LogP contribution >= 0.6 is 0 Å². The van der Waals surface area contributed by atoms with Gasteiger partial charge in [0.05, 0.1) is 0 Å². The molecule has 0 aliphatic heterocycles. The minimum absolute atomic E-state index is 0.874. The molecule has 0 aliphatic rings. The van der Waals surface area contributed by atoms with E-state index in [1.165, 1.54) is 44.5 Å². The molecule has 0 radical (unpaired) electrons. The number of anilines is 3. The lowest BCUT2D eigenvalue weighted by atomic mass is 9.93. The van der Waals surface area contributed by atoms with Crippen molar-refractivity contribution >= 4 is 39.0 Å². The van der Waals surface area contributed by atoms with Crippen molar-refractivity contribution in [1.82, 2.24) is 0 Å². The van der Waals surface area contributed by atoms with Gasteiger partial charge in [-0.05, 0) is 87.0 Å². The number of hydrogen-bond donors (Lipinski definition) is 0. The summed E-state index contributed by atoms with van der Waals surface area (Å²) in [5.74, 6) is 0. The SMILES string of the molecule is c1ccc(-c2cccc(N(c3ccc(-c4ccc(-c5ccccc5-c5ccccc5)cc4)cc3)c3ccc4c(c3)oc3ccccc34)c2)cc1. The van der Waals surface area contributed by atoms with E-state index in [9.17, 15) is 0 Å². The fraction of sp³-hybridized carbons (Fsp3) is 0. The van der Waals surface area contributed by atoms with Crippen molar-refractivity contribution in [1.29, 1.82) is 0 Å². The average Bonchev–Trinajstić information content (AvgIpc) is 3.57. The number of nitrogens with zero attached hydrogens (tertiary/aromatic N) is 1. The molecule has 9 rings (SSSR count). The van der Waals surface area contributed by atoms with Crippen LogP contribution in [-0.2, 0) is 0 Å². The van der Waals surface area contributed by atoms with Gasteiger partial charge in [0.25, 0.3) is 0 Å². The Kier molecular flexibility index (Phi) is 7.53. The minimum atomic E-state index is 0.874. The van der Waals surface area contributed by atoms with Crippen LogP contribution in [0.15, 0.2) is 205 Å². The van der Waals surface area contributed by atoms with Crippen LogP contribution in [0.3, 0.4) is 0 Å². The predicted octanol–water partition coefficient (Wildman–Crippen LogP) is 13.7. The largest absolute Gasteiger partial charge is 0.456 e. The molecule has 0 N–H and O–H groups in total. The summed E-state index contributed by atoms with van der Waals surface area (Å²) in [5.41, 5.74) is 14.6. The molecule has 9 aromatic rings. The second kappa shape index (κ2) is 12.8. The number of rotatable bonds is 7. The Hall–Kier alpha value is -6.64. The molecule has 2 nitrogen and oxygen atoms in total. The molecule has 0 saturated carbocycles. The van der Waals surface area contributed by atoms with Crippen molar-refractivity contribution in [3.8, 4) is 44.5 Å². The van der Waals surface area contributed by atoms with Gasteiger partial charge in [-0.3, -0.25) is 0 Å². The van der Waals surface area contributed by atoms with Crippen LogP contribution in [0.5, 0.6) is 0 Å². The minimum Gasteiger partial charge on any atom is -0.456 e. The van der Waals surface area contributed by atoms with Crippen LogP contribution in [-0.4, -0.2) is 0 Å². The predicted molar refractivity (Wildman–Crippen MR) is 210 cm³/mol. The first-order valence-corrected chi connectivity index (χ1v) is 17.0. The Labute approximate surface area is 292 Å². The van der Waals surface area contributed by atoms with Gasteiger partial charge in [-0.2, -0.15) is 0 Å². The van der Waals surface area contributed by atoms with Crippen LogP contribution in [0, 0.1) is 0 Å². The number of fused-ring (bicyclic) bond motifs is 3. The molecule has 8 aromatic carbocycles. The van der Waals surface area contributed by atoms with Crippen molar-refractivity contribution in [2.24, 2.45) is 0 Å². The maximum absolute atomic E-state index is 6.33. The van der Waals surface area contributed by atoms with Gasteiger partial charge in [-0.25, -0.2) is 0 Å². The fourth-order valence-corrected chi connectivity index (χ4v) is 7.01. The summed E-state index contributed by atoms with van der Waals surface area (Å²) in [6.45, 7) is 0. The van der Waals surface area contributed by atoms with Gasteiger partial charge < -0.3 is 9.32 Å². The third-order valence-corrected chi connectivity index (χ3v) is 9.50. The first-order valence-electron chi connectivity index (χ1n) is 17.0. The third kappa shape index (κ3) is 5.53. The average molecular weight is 640 g/mol. The smallest absolute Gasteiger partial charge is 0.137 e. The Morgan fingerprint density at radius 3 is 1.48 bits per heavy atom. The summed E-state index contributed by atoms with van der Waals surface area (Å²) < 4.78 is 6.33. The zero-order chi connectivity index (χ0) is 33.3. The number of benzene rings is 8. The van der Waals surface area contributed by atoms with E-state index in [-0.39, 0.29) is 0 Å². The molecule has 0 unspecified atom stereocenters. The first kappa shape index (κ1) is 29.5. The quantitative estimate of drug-likeness (QED) is 0.173. The lowest BCUT2D eigenvalue weighted by Gasteiger charge is -2.26. The van der Waals surface area contributed by atoms with Crippen LogP contribution in [0.1, 0.15) is 0 Å². The van der Waals surface area contributed by atoms with Gasteiger partial charge in [-0.15, -0.1) is 0 Å². The van der Waals surface area contributed by atoms with Crippen molar-refractivity contribution in [3.63, 3.8) is 0 Å². The zero-order valence-electron chi connectivity index (χ0n) is 27.4. The maximum atomic E-state index is 6.33. The van der Waals surface area contributed by atoms with Crippen LogP contribution in [0.25, 0.3) is 66.4 Å². The molecule has 236 valence electrons. The first-order chi connectivity index (χ1) is 24.8. The van der Waals surface area contributed by atoms with Crippen molar-refractivity contribution in [2.45, 2.75) is 0 Å². The van der Waals surface area contributed by atoms with Gasteiger partial charge >= 0.3 is 0 Å². The van der Waals surface area contributed by atoms with Crippen LogP contribution in [0.2, 0.25) is 0 Å². The molecule has 0 atom stereocenters. The number of hydrogen-bond acceptors (Lipinski definition) is 2. The highest BCUT2D eigenvalue weighted by Gasteiger charge is 2.17. The highest BCUT2D eigenvalue weighted by Crippen LogP contribution is 2.40. The Balaban J connectivity index is 1.09.